The van der Waals surface area contributed by atoms with E-state index in [4.69, 9.17) is 4.74 Å². The first-order chi connectivity index (χ1) is 12.4. The second kappa shape index (κ2) is 5.76. The molecule has 26 heavy (non-hydrogen) atoms. The quantitative estimate of drug-likeness (QED) is 0.778. The third kappa shape index (κ3) is 2.58. The van der Waals surface area contributed by atoms with Gasteiger partial charge in [0.2, 0.25) is 5.91 Å². The predicted molar refractivity (Wildman–Crippen MR) is 97.9 cm³/mol. The topological polar surface area (TPSA) is 79.5 Å². The Kier molecular flexibility index (Phi) is 3.64. The molecule has 0 aliphatic carbocycles. The Balaban J connectivity index is 1.71. The molecule has 0 spiro atoms. The molecule has 134 valence electrons. The van der Waals surface area contributed by atoms with Gasteiger partial charge in [0.1, 0.15) is 11.7 Å². The number of hydrogen-bond donors (Lipinski definition) is 3. The van der Waals surface area contributed by atoms with Gasteiger partial charge in [0.15, 0.2) is 5.72 Å². The summed E-state index contributed by atoms with van der Waals surface area (Å²) in [5.74, 6) is -0.148. The van der Waals surface area contributed by atoms with E-state index in [-0.39, 0.29) is 11.9 Å². The van der Waals surface area contributed by atoms with Crippen molar-refractivity contribution in [2.24, 2.45) is 5.92 Å². The van der Waals surface area contributed by atoms with Gasteiger partial charge in [-0.3, -0.25) is 10.1 Å². The zero-order valence-electron chi connectivity index (χ0n) is 14.9. The van der Waals surface area contributed by atoms with Gasteiger partial charge in [0.05, 0.1) is 6.04 Å². The lowest BCUT2D eigenvalue weighted by Crippen LogP contribution is -2.70. The number of benzene rings is 2. The van der Waals surface area contributed by atoms with Crippen LogP contribution in [-0.4, -0.2) is 17.7 Å². The smallest absolute Gasteiger partial charge is 0.318 e. The number of ether oxygens (including phenoxy) is 1. The number of para-hydroxylation sites is 1. The Morgan fingerprint density at radius 3 is 2.73 bits per heavy atom. The van der Waals surface area contributed by atoms with E-state index in [1.54, 1.807) is 6.92 Å². The fraction of sp³-hybridized carbons (Fsp3) is 0.300. The lowest BCUT2D eigenvalue weighted by molar-refractivity contribution is -0.133. The molecule has 6 heteroatoms. The zero-order valence-corrected chi connectivity index (χ0v) is 14.9. The highest BCUT2D eigenvalue weighted by atomic mass is 16.5. The molecule has 0 aromatic heterocycles. The normalized spacial score (nSPS) is 26.0. The van der Waals surface area contributed by atoms with E-state index < -0.39 is 17.7 Å². The van der Waals surface area contributed by atoms with Gasteiger partial charge in [0, 0.05) is 11.3 Å². The Morgan fingerprint density at radius 1 is 1.19 bits per heavy atom. The number of carbonyl (C=O) groups is 2. The Labute approximate surface area is 151 Å². The fourth-order valence-corrected chi connectivity index (χ4v) is 3.85. The van der Waals surface area contributed by atoms with Crippen LogP contribution in [0.1, 0.15) is 29.7 Å². The predicted octanol–water partition coefficient (Wildman–Crippen LogP) is 3.02. The van der Waals surface area contributed by atoms with Crippen LogP contribution in [0.4, 0.5) is 10.5 Å². The molecule has 0 radical (unpaired) electrons. The Morgan fingerprint density at radius 2 is 1.96 bits per heavy atom. The van der Waals surface area contributed by atoms with Crippen molar-refractivity contribution in [1.82, 2.24) is 10.6 Å². The van der Waals surface area contributed by atoms with E-state index in [0.29, 0.717) is 5.75 Å². The summed E-state index contributed by atoms with van der Waals surface area (Å²) in [5, 5.41) is 8.65. The monoisotopic (exact) mass is 351 g/mol. The van der Waals surface area contributed by atoms with E-state index in [1.807, 2.05) is 56.3 Å². The number of nitrogens with one attached hydrogen (secondary N) is 3. The number of amides is 3. The second-order valence-electron chi connectivity index (χ2n) is 7.11. The van der Waals surface area contributed by atoms with Crippen LogP contribution in [0, 0.1) is 19.8 Å². The van der Waals surface area contributed by atoms with Crippen molar-refractivity contribution >= 4 is 17.6 Å². The summed E-state index contributed by atoms with van der Waals surface area (Å²) < 4.78 is 6.05. The fourth-order valence-electron chi connectivity index (χ4n) is 3.85. The van der Waals surface area contributed by atoms with Gasteiger partial charge in [-0.2, -0.15) is 0 Å². The van der Waals surface area contributed by atoms with Crippen LogP contribution in [0.5, 0.6) is 5.75 Å². The zero-order chi connectivity index (χ0) is 18.5. The lowest BCUT2D eigenvalue weighted by atomic mass is 9.80. The number of urea groups is 1. The minimum absolute atomic E-state index is 0.202. The highest BCUT2D eigenvalue weighted by molar-refractivity contribution is 5.96. The van der Waals surface area contributed by atoms with E-state index in [1.165, 1.54) is 0 Å². The van der Waals surface area contributed by atoms with Crippen molar-refractivity contribution in [2.75, 3.05) is 5.32 Å². The number of carbonyl (C=O) groups excluding carboxylic acids is 2. The summed E-state index contributed by atoms with van der Waals surface area (Å²) in [4.78, 5) is 25.2. The molecular weight excluding hydrogens is 330 g/mol. The Hall–Kier alpha value is -3.02. The first kappa shape index (κ1) is 16.4. The summed E-state index contributed by atoms with van der Waals surface area (Å²) in [6.45, 7) is 5.70. The van der Waals surface area contributed by atoms with E-state index in [0.717, 1.165) is 22.4 Å². The van der Waals surface area contributed by atoms with Crippen LogP contribution in [0.2, 0.25) is 0 Å². The highest BCUT2D eigenvalue weighted by Gasteiger charge is 2.55. The average Bonchev–Trinajstić information content (AvgIpc) is 2.56. The van der Waals surface area contributed by atoms with Crippen LogP contribution in [0.15, 0.2) is 42.5 Å². The Bertz CT molecular complexity index is 911. The van der Waals surface area contributed by atoms with Crippen LogP contribution in [0.3, 0.4) is 0 Å². The van der Waals surface area contributed by atoms with Gasteiger partial charge in [0.25, 0.3) is 0 Å². The maximum Gasteiger partial charge on any atom is 0.318 e. The molecule has 3 amide bonds. The van der Waals surface area contributed by atoms with Gasteiger partial charge in [-0.15, -0.1) is 0 Å². The number of anilines is 1. The molecule has 1 fully saturated rings. The van der Waals surface area contributed by atoms with Crippen LogP contribution < -0.4 is 20.7 Å². The van der Waals surface area contributed by atoms with Crippen molar-refractivity contribution in [3.05, 3.63) is 59.2 Å². The molecule has 2 aromatic carbocycles. The van der Waals surface area contributed by atoms with Crippen molar-refractivity contribution < 1.29 is 14.3 Å². The molecule has 4 rings (SSSR count). The summed E-state index contributed by atoms with van der Waals surface area (Å²) in [6.07, 6.45) is 0. The molecule has 2 aliphatic heterocycles. The third-order valence-electron chi connectivity index (χ3n) is 5.07. The van der Waals surface area contributed by atoms with Gasteiger partial charge in [-0.05, 0) is 38.5 Å². The molecule has 2 aliphatic rings. The molecule has 2 aromatic rings. The molecule has 3 atom stereocenters. The minimum Gasteiger partial charge on any atom is -0.467 e. The molecule has 6 nitrogen and oxygen atoms in total. The van der Waals surface area contributed by atoms with Gasteiger partial charge in [-0.1, -0.05) is 35.9 Å². The molecule has 3 N–H and O–H groups in total. The summed E-state index contributed by atoms with van der Waals surface area (Å²) in [7, 11) is 0. The van der Waals surface area contributed by atoms with Gasteiger partial charge < -0.3 is 15.4 Å². The van der Waals surface area contributed by atoms with Crippen LogP contribution in [-0.2, 0) is 4.79 Å². The molecule has 0 unspecified atom stereocenters. The molecule has 0 saturated carbocycles. The summed E-state index contributed by atoms with van der Waals surface area (Å²) in [5.41, 5.74) is 2.56. The second-order valence-corrected chi connectivity index (χ2v) is 7.11. The van der Waals surface area contributed by atoms with Crippen molar-refractivity contribution in [3.63, 3.8) is 0 Å². The first-order valence-corrected chi connectivity index (χ1v) is 8.62. The van der Waals surface area contributed by atoms with E-state index >= 15 is 0 Å². The van der Waals surface area contributed by atoms with Crippen molar-refractivity contribution in [3.8, 4) is 5.75 Å². The number of aryl methyl sites for hydroxylation is 2. The SMILES string of the molecule is Cc1ccc(NC(=O)[C@@H]2[C@H]3NC(=O)N[C@@]2(C)Oc2ccccc23)c(C)c1. The molecule has 2 heterocycles. The van der Waals surface area contributed by atoms with Gasteiger partial charge >= 0.3 is 6.03 Å². The summed E-state index contributed by atoms with van der Waals surface area (Å²) >= 11 is 0. The lowest BCUT2D eigenvalue weighted by Gasteiger charge is -2.49. The maximum atomic E-state index is 13.2. The summed E-state index contributed by atoms with van der Waals surface area (Å²) in [6, 6.07) is 12.5. The van der Waals surface area contributed by atoms with Crippen LogP contribution >= 0.6 is 0 Å². The standard InChI is InChI=1S/C20H21N3O3/c1-11-8-9-14(12(2)10-11)21-18(24)16-17-13-6-4-5-7-15(13)26-20(16,3)23-19(25)22-17/h4-10,16-17H,1-3H3,(H,21,24)(H2,22,23,25)/t16-,17-,20-/m0/s1. The maximum absolute atomic E-state index is 13.2. The number of hydrogen-bond acceptors (Lipinski definition) is 3. The van der Waals surface area contributed by atoms with Gasteiger partial charge in [-0.25, -0.2) is 4.79 Å². The van der Waals surface area contributed by atoms with Crippen molar-refractivity contribution in [2.45, 2.75) is 32.5 Å². The average molecular weight is 351 g/mol. The van der Waals surface area contributed by atoms with E-state index in [2.05, 4.69) is 16.0 Å². The molecular formula is C20H21N3O3. The number of rotatable bonds is 2. The van der Waals surface area contributed by atoms with E-state index in [9.17, 15) is 9.59 Å². The van der Waals surface area contributed by atoms with Crippen LogP contribution in [0.25, 0.3) is 0 Å². The van der Waals surface area contributed by atoms with Crippen molar-refractivity contribution in [1.29, 1.82) is 0 Å². The molecule has 1 saturated heterocycles. The highest BCUT2D eigenvalue weighted by Crippen LogP contribution is 2.45. The molecule has 2 bridgehead atoms. The minimum atomic E-state index is -1.12. The number of fused-ring (bicyclic) bond motifs is 4. The first-order valence-electron chi connectivity index (χ1n) is 8.62. The third-order valence-corrected chi connectivity index (χ3v) is 5.07. The largest absolute Gasteiger partial charge is 0.467 e.